The Morgan fingerprint density at radius 1 is 1.04 bits per heavy atom. The number of benzene rings is 2. The molecule has 2 aromatic rings. The van der Waals surface area contributed by atoms with E-state index in [0.29, 0.717) is 16.9 Å². The summed E-state index contributed by atoms with van der Waals surface area (Å²) in [5.74, 6) is 0.847. The summed E-state index contributed by atoms with van der Waals surface area (Å²) in [5, 5.41) is 5.16. The lowest BCUT2D eigenvalue weighted by atomic mass is 9.76. The fraction of sp³-hybridized carbons (Fsp3) is 0.364. The standard InChI is InChI=1S/C22H23Cl2N/c1-22(2,3)14-9-7-13(8-10-14)21-17-6-4-5-16(17)20-18(24)11-15(23)12-19(20)25-21/h4-5,7-12,16-17,21,25H,6H2,1-3H3/t16-,17-,21-/m0/s1. The molecule has 4 rings (SSSR count). The number of hydrogen-bond acceptors (Lipinski definition) is 1. The van der Waals surface area contributed by atoms with Crippen LogP contribution >= 0.6 is 23.2 Å². The number of anilines is 1. The van der Waals surface area contributed by atoms with Crippen LogP contribution in [-0.2, 0) is 5.41 Å². The van der Waals surface area contributed by atoms with E-state index in [1.165, 1.54) is 16.7 Å². The Morgan fingerprint density at radius 2 is 1.76 bits per heavy atom. The van der Waals surface area contributed by atoms with Crippen LogP contribution in [0.15, 0.2) is 48.6 Å². The molecule has 1 N–H and O–H groups in total. The summed E-state index contributed by atoms with van der Waals surface area (Å²) in [4.78, 5) is 0. The lowest BCUT2D eigenvalue weighted by Crippen LogP contribution is -2.29. The maximum Gasteiger partial charge on any atom is 0.0553 e. The Labute approximate surface area is 160 Å². The van der Waals surface area contributed by atoms with E-state index < -0.39 is 0 Å². The Hall–Kier alpha value is -1.44. The molecule has 1 aliphatic carbocycles. The monoisotopic (exact) mass is 371 g/mol. The van der Waals surface area contributed by atoms with Crippen LogP contribution in [0.2, 0.25) is 10.0 Å². The Balaban J connectivity index is 1.74. The Morgan fingerprint density at radius 3 is 2.44 bits per heavy atom. The summed E-state index contributed by atoms with van der Waals surface area (Å²) < 4.78 is 0. The van der Waals surface area contributed by atoms with E-state index in [0.717, 1.165) is 17.1 Å². The zero-order valence-electron chi connectivity index (χ0n) is 14.8. The first-order valence-electron chi connectivity index (χ1n) is 8.87. The normalized spacial score (nSPS) is 24.6. The van der Waals surface area contributed by atoms with Gasteiger partial charge in [0.25, 0.3) is 0 Å². The van der Waals surface area contributed by atoms with Crippen molar-refractivity contribution in [3.63, 3.8) is 0 Å². The van der Waals surface area contributed by atoms with Gasteiger partial charge in [0.1, 0.15) is 0 Å². The second-order valence-electron chi connectivity index (χ2n) is 8.20. The van der Waals surface area contributed by atoms with Crippen LogP contribution in [0.1, 0.15) is 55.8 Å². The van der Waals surface area contributed by atoms with Gasteiger partial charge in [0.05, 0.1) is 6.04 Å². The van der Waals surface area contributed by atoms with Gasteiger partial charge in [-0.15, -0.1) is 0 Å². The van der Waals surface area contributed by atoms with Crippen molar-refractivity contribution in [2.75, 3.05) is 5.32 Å². The van der Waals surface area contributed by atoms with E-state index in [-0.39, 0.29) is 11.5 Å². The van der Waals surface area contributed by atoms with Gasteiger partial charge < -0.3 is 5.32 Å². The maximum absolute atomic E-state index is 6.52. The molecular formula is C22H23Cl2N. The number of halogens is 2. The molecule has 1 nitrogen and oxygen atoms in total. The molecule has 25 heavy (non-hydrogen) atoms. The zero-order chi connectivity index (χ0) is 17.8. The van der Waals surface area contributed by atoms with Crippen LogP contribution in [-0.4, -0.2) is 0 Å². The minimum atomic E-state index is 0.170. The van der Waals surface area contributed by atoms with E-state index in [1.807, 2.05) is 12.1 Å². The minimum absolute atomic E-state index is 0.170. The largest absolute Gasteiger partial charge is 0.378 e. The number of rotatable bonds is 1. The first kappa shape index (κ1) is 17.0. The molecule has 3 atom stereocenters. The molecule has 0 aromatic heterocycles. The zero-order valence-corrected chi connectivity index (χ0v) is 16.3. The summed E-state index contributed by atoms with van der Waals surface area (Å²) in [6.07, 6.45) is 5.66. The summed E-state index contributed by atoms with van der Waals surface area (Å²) >= 11 is 12.8. The second kappa shape index (κ2) is 6.07. The van der Waals surface area contributed by atoms with E-state index in [9.17, 15) is 0 Å². The molecule has 0 unspecified atom stereocenters. The van der Waals surface area contributed by atoms with Crippen LogP contribution in [0.5, 0.6) is 0 Å². The Kier molecular flexibility index (Phi) is 4.13. The molecule has 0 saturated heterocycles. The van der Waals surface area contributed by atoms with Gasteiger partial charge in [-0.2, -0.15) is 0 Å². The molecule has 130 valence electrons. The van der Waals surface area contributed by atoms with Crippen molar-refractivity contribution < 1.29 is 0 Å². The molecule has 2 aromatic carbocycles. The molecule has 0 saturated carbocycles. The van der Waals surface area contributed by atoms with Crippen LogP contribution in [0.4, 0.5) is 5.69 Å². The van der Waals surface area contributed by atoms with Gasteiger partial charge in [-0.05, 0) is 41.0 Å². The van der Waals surface area contributed by atoms with Crippen molar-refractivity contribution in [1.82, 2.24) is 0 Å². The highest BCUT2D eigenvalue weighted by Gasteiger charge is 2.39. The van der Waals surface area contributed by atoms with Crippen LogP contribution < -0.4 is 5.32 Å². The fourth-order valence-corrected chi connectivity index (χ4v) is 4.78. The Bertz CT molecular complexity index is 830. The van der Waals surface area contributed by atoms with Crippen molar-refractivity contribution in [3.05, 3.63) is 75.3 Å². The summed E-state index contributed by atoms with van der Waals surface area (Å²) in [6.45, 7) is 6.74. The molecule has 3 heteroatoms. The van der Waals surface area contributed by atoms with Gasteiger partial charge in [0.15, 0.2) is 0 Å². The van der Waals surface area contributed by atoms with Gasteiger partial charge in [-0.3, -0.25) is 0 Å². The fourth-order valence-electron chi connectivity index (χ4n) is 4.16. The average Bonchev–Trinajstić information content (AvgIpc) is 3.02. The second-order valence-corrected chi connectivity index (χ2v) is 9.04. The molecule has 2 aliphatic rings. The molecule has 0 amide bonds. The first-order chi connectivity index (χ1) is 11.8. The third kappa shape index (κ3) is 2.98. The number of fused-ring (bicyclic) bond motifs is 3. The van der Waals surface area contributed by atoms with Gasteiger partial charge in [-0.25, -0.2) is 0 Å². The topological polar surface area (TPSA) is 12.0 Å². The lowest BCUT2D eigenvalue weighted by molar-refractivity contribution is 0.425. The van der Waals surface area contributed by atoms with Crippen molar-refractivity contribution in [2.45, 2.75) is 44.6 Å². The smallest absolute Gasteiger partial charge is 0.0553 e. The average molecular weight is 372 g/mol. The summed E-state index contributed by atoms with van der Waals surface area (Å²) in [5.41, 5.74) is 5.11. The minimum Gasteiger partial charge on any atom is -0.378 e. The van der Waals surface area contributed by atoms with Gasteiger partial charge in [0, 0.05) is 27.2 Å². The van der Waals surface area contributed by atoms with Gasteiger partial charge in [-0.1, -0.05) is 80.4 Å². The van der Waals surface area contributed by atoms with Crippen LogP contribution in [0.3, 0.4) is 0 Å². The van der Waals surface area contributed by atoms with Crippen LogP contribution in [0.25, 0.3) is 0 Å². The van der Waals surface area contributed by atoms with Gasteiger partial charge >= 0.3 is 0 Å². The van der Waals surface area contributed by atoms with E-state index in [2.05, 4.69) is 62.5 Å². The number of hydrogen-bond donors (Lipinski definition) is 1. The maximum atomic E-state index is 6.52. The summed E-state index contributed by atoms with van der Waals surface area (Å²) in [7, 11) is 0. The number of nitrogens with one attached hydrogen (secondary N) is 1. The molecule has 0 radical (unpaired) electrons. The first-order valence-corrected chi connectivity index (χ1v) is 9.63. The predicted octanol–water partition coefficient (Wildman–Crippen LogP) is 7.12. The highest BCUT2D eigenvalue weighted by Crippen LogP contribution is 2.52. The molecule has 1 heterocycles. The van der Waals surface area contributed by atoms with Gasteiger partial charge in [0.2, 0.25) is 0 Å². The van der Waals surface area contributed by atoms with Crippen molar-refractivity contribution >= 4 is 28.9 Å². The molecule has 0 bridgehead atoms. The third-order valence-corrected chi connectivity index (χ3v) is 6.05. The molecule has 0 fully saturated rings. The van der Waals surface area contributed by atoms with Crippen molar-refractivity contribution in [1.29, 1.82) is 0 Å². The highest BCUT2D eigenvalue weighted by molar-refractivity contribution is 6.35. The highest BCUT2D eigenvalue weighted by atomic mass is 35.5. The van der Waals surface area contributed by atoms with E-state index in [1.54, 1.807) is 0 Å². The molecule has 0 spiro atoms. The van der Waals surface area contributed by atoms with Crippen molar-refractivity contribution in [2.24, 2.45) is 5.92 Å². The third-order valence-electron chi connectivity index (χ3n) is 5.52. The molecular weight excluding hydrogens is 349 g/mol. The SMILES string of the molecule is CC(C)(C)c1ccc([C@@H]2Nc3cc(Cl)cc(Cl)c3[C@H]3C=CC[C@@H]32)cc1. The lowest BCUT2D eigenvalue weighted by Gasteiger charge is -2.38. The van der Waals surface area contributed by atoms with E-state index in [4.69, 9.17) is 23.2 Å². The van der Waals surface area contributed by atoms with Crippen LogP contribution in [0, 0.1) is 5.92 Å². The molecule has 1 aliphatic heterocycles. The van der Waals surface area contributed by atoms with Crippen molar-refractivity contribution in [3.8, 4) is 0 Å². The quantitative estimate of drug-likeness (QED) is 0.526. The predicted molar refractivity (Wildman–Crippen MR) is 108 cm³/mol. The number of allylic oxidation sites excluding steroid dienone is 2. The van der Waals surface area contributed by atoms with E-state index >= 15 is 0 Å². The summed E-state index contributed by atoms with van der Waals surface area (Å²) in [6, 6.07) is 13.2.